The number of alkyl halides is 6. The van der Waals surface area contributed by atoms with Crippen LogP contribution in [0.2, 0.25) is 0 Å². The molecule has 0 aliphatic carbocycles. The van der Waals surface area contributed by atoms with Crippen molar-refractivity contribution in [2.24, 2.45) is 0 Å². The summed E-state index contributed by atoms with van der Waals surface area (Å²) >= 11 is 1.75. The number of rotatable bonds is 9. The van der Waals surface area contributed by atoms with E-state index >= 15 is 0 Å². The van der Waals surface area contributed by atoms with E-state index in [2.05, 4.69) is 26.5 Å². The number of likely N-dealkylation sites (tertiary alicyclic amines) is 1. The van der Waals surface area contributed by atoms with Crippen molar-refractivity contribution in [3.8, 4) is 16.9 Å². The Morgan fingerprint density at radius 3 is 2.15 bits per heavy atom. The second-order valence-corrected chi connectivity index (χ2v) is 10.4. The Labute approximate surface area is 262 Å². The van der Waals surface area contributed by atoms with Crippen LogP contribution in [0.25, 0.3) is 11.1 Å². The van der Waals surface area contributed by atoms with Crippen molar-refractivity contribution in [2.45, 2.75) is 36.7 Å². The molecule has 0 radical (unpaired) electrons. The van der Waals surface area contributed by atoms with Gasteiger partial charge in [0.2, 0.25) is 0 Å². The number of benzene rings is 2. The largest absolute Gasteiger partial charge is 0.497 e. The molecule has 1 aromatic heterocycles. The monoisotopic (exact) mass is 680 g/mol. The van der Waals surface area contributed by atoms with E-state index in [9.17, 15) is 31.1 Å². The smallest absolute Gasteiger partial charge is 0.490 e. The molecule has 0 atom stereocenters. The van der Waals surface area contributed by atoms with Crippen LogP contribution in [0.3, 0.4) is 0 Å². The Morgan fingerprint density at radius 2 is 1.61 bits per heavy atom. The molecular formula is C28H30F6N4O7S. The van der Waals surface area contributed by atoms with Gasteiger partial charge in [-0.15, -0.1) is 11.8 Å². The van der Waals surface area contributed by atoms with Crippen molar-refractivity contribution in [3.63, 3.8) is 0 Å². The highest BCUT2D eigenvalue weighted by atomic mass is 32.2. The van der Waals surface area contributed by atoms with Gasteiger partial charge in [0.05, 0.1) is 19.0 Å². The van der Waals surface area contributed by atoms with Crippen molar-refractivity contribution in [1.29, 1.82) is 0 Å². The minimum absolute atomic E-state index is 0.174. The standard InChI is InChI=1S/C24H28N4O3S.2C2HF3O2/c1-30-21-6-4-5-18(13-21)17-31-24(29)27-22-8-7-19(20-15-25-26-16-20)14-23(22)32-12-11-28-9-2-3-10-28;2*3-2(4,5)1(6)7/h4-8,13-16H,2-3,9-12,17H2,1H3,(H,25,26)(H,27,29);2*(H,6,7). The summed E-state index contributed by atoms with van der Waals surface area (Å²) in [6, 6.07) is 13.5. The first-order valence-corrected chi connectivity index (χ1v) is 14.2. The molecule has 3 aromatic rings. The molecular weight excluding hydrogens is 650 g/mol. The molecule has 252 valence electrons. The number of aromatic amines is 1. The Bertz CT molecular complexity index is 1390. The summed E-state index contributed by atoms with van der Waals surface area (Å²) in [5.74, 6) is -3.82. The summed E-state index contributed by atoms with van der Waals surface area (Å²) in [6.45, 7) is 3.57. The van der Waals surface area contributed by atoms with Gasteiger partial charge in [0.25, 0.3) is 0 Å². The Kier molecular flexibility index (Phi) is 14.7. The van der Waals surface area contributed by atoms with Gasteiger partial charge in [-0.25, -0.2) is 14.4 Å². The van der Waals surface area contributed by atoms with Crippen LogP contribution in [0.5, 0.6) is 5.75 Å². The van der Waals surface area contributed by atoms with Crippen molar-refractivity contribution >= 4 is 35.5 Å². The van der Waals surface area contributed by atoms with Crippen LogP contribution < -0.4 is 10.1 Å². The number of carbonyl (C=O) groups is 3. The predicted molar refractivity (Wildman–Crippen MR) is 155 cm³/mol. The molecule has 4 N–H and O–H groups in total. The number of amides is 1. The molecule has 1 aliphatic heterocycles. The van der Waals surface area contributed by atoms with Crippen LogP contribution in [0.1, 0.15) is 18.4 Å². The normalized spacial score (nSPS) is 13.0. The molecule has 18 heteroatoms. The molecule has 2 heterocycles. The van der Waals surface area contributed by atoms with E-state index in [4.69, 9.17) is 29.3 Å². The van der Waals surface area contributed by atoms with Crippen LogP contribution in [-0.4, -0.2) is 88.2 Å². The van der Waals surface area contributed by atoms with E-state index in [0.29, 0.717) is 0 Å². The third kappa shape index (κ3) is 13.7. The SMILES string of the molecule is COc1cccc(COC(=O)Nc2ccc(-c3cn[nH]c3)cc2SCCN2CCCC2)c1.O=C(O)C(F)(F)F.O=C(O)C(F)(F)F. The molecule has 2 aromatic carbocycles. The number of carboxylic acid groups (broad SMARTS) is 2. The highest BCUT2D eigenvalue weighted by Gasteiger charge is 2.38. The van der Waals surface area contributed by atoms with E-state index in [0.717, 1.165) is 45.3 Å². The number of nitrogens with one attached hydrogen (secondary N) is 2. The second kappa shape index (κ2) is 17.9. The van der Waals surface area contributed by atoms with Crippen LogP contribution >= 0.6 is 11.8 Å². The van der Waals surface area contributed by atoms with Gasteiger partial charge in [-0.2, -0.15) is 31.4 Å². The summed E-state index contributed by atoms with van der Waals surface area (Å²) in [4.78, 5) is 33.8. The van der Waals surface area contributed by atoms with Gasteiger partial charge in [-0.1, -0.05) is 18.2 Å². The van der Waals surface area contributed by atoms with Crippen molar-refractivity contribution in [3.05, 3.63) is 60.4 Å². The molecule has 46 heavy (non-hydrogen) atoms. The van der Waals surface area contributed by atoms with Crippen molar-refractivity contribution in [1.82, 2.24) is 15.1 Å². The van der Waals surface area contributed by atoms with E-state index in [1.165, 1.54) is 25.9 Å². The van der Waals surface area contributed by atoms with Crippen LogP contribution in [-0.2, 0) is 20.9 Å². The number of nitrogens with zero attached hydrogens (tertiary/aromatic N) is 2. The molecule has 1 aliphatic rings. The number of anilines is 1. The summed E-state index contributed by atoms with van der Waals surface area (Å²) in [6.07, 6.45) is -4.42. The highest BCUT2D eigenvalue weighted by Crippen LogP contribution is 2.32. The number of hydrogen-bond acceptors (Lipinski definition) is 8. The first-order chi connectivity index (χ1) is 21.6. The molecule has 4 rings (SSSR count). The van der Waals surface area contributed by atoms with Gasteiger partial charge in [-0.05, 0) is 61.3 Å². The maximum Gasteiger partial charge on any atom is 0.490 e. The molecule has 0 spiro atoms. The molecule has 0 unspecified atom stereocenters. The lowest BCUT2D eigenvalue weighted by Gasteiger charge is -2.16. The first-order valence-electron chi connectivity index (χ1n) is 13.3. The zero-order valence-corrected chi connectivity index (χ0v) is 25.0. The molecule has 1 amide bonds. The van der Waals surface area contributed by atoms with E-state index in [1.807, 2.05) is 42.6 Å². The fourth-order valence-corrected chi connectivity index (χ4v) is 4.74. The zero-order chi connectivity index (χ0) is 34.3. The third-order valence-electron chi connectivity index (χ3n) is 5.90. The Balaban J connectivity index is 0.000000440. The number of halogens is 6. The number of aliphatic carboxylic acids is 2. The van der Waals surface area contributed by atoms with E-state index < -0.39 is 30.4 Å². The fourth-order valence-electron chi connectivity index (χ4n) is 3.68. The second-order valence-electron chi connectivity index (χ2n) is 9.25. The Morgan fingerprint density at radius 1 is 0.978 bits per heavy atom. The van der Waals surface area contributed by atoms with E-state index in [1.54, 1.807) is 25.1 Å². The number of hydrogen-bond donors (Lipinski definition) is 4. The lowest BCUT2D eigenvalue weighted by Crippen LogP contribution is -2.22. The lowest BCUT2D eigenvalue weighted by molar-refractivity contribution is -0.193. The first kappa shape index (κ1) is 37.7. The number of carboxylic acids is 2. The maximum atomic E-state index is 12.5. The van der Waals surface area contributed by atoms with Gasteiger partial charge in [0.15, 0.2) is 0 Å². The third-order valence-corrected chi connectivity index (χ3v) is 6.94. The van der Waals surface area contributed by atoms with Crippen molar-refractivity contribution in [2.75, 3.05) is 37.8 Å². The number of methoxy groups -OCH3 is 1. The maximum absolute atomic E-state index is 12.5. The Hall–Kier alpha value is -4.45. The summed E-state index contributed by atoms with van der Waals surface area (Å²) in [5, 5.41) is 24.1. The number of ether oxygens (including phenoxy) is 2. The lowest BCUT2D eigenvalue weighted by atomic mass is 10.1. The predicted octanol–water partition coefficient (Wildman–Crippen LogP) is 6.29. The van der Waals surface area contributed by atoms with Crippen LogP contribution in [0.4, 0.5) is 36.8 Å². The van der Waals surface area contributed by atoms with Gasteiger partial charge >= 0.3 is 30.4 Å². The van der Waals surface area contributed by atoms with Gasteiger partial charge in [0.1, 0.15) is 12.4 Å². The minimum Gasteiger partial charge on any atom is -0.497 e. The molecule has 1 fully saturated rings. The van der Waals surface area contributed by atoms with E-state index in [-0.39, 0.29) is 6.61 Å². The minimum atomic E-state index is -5.08. The summed E-state index contributed by atoms with van der Waals surface area (Å²) in [5.41, 5.74) is 3.69. The summed E-state index contributed by atoms with van der Waals surface area (Å²) < 4.78 is 74.1. The number of carbonyl (C=O) groups excluding carboxylic acids is 1. The quantitative estimate of drug-likeness (QED) is 0.150. The molecule has 0 saturated carbocycles. The number of thioether (sulfide) groups is 1. The molecule has 0 bridgehead atoms. The highest BCUT2D eigenvalue weighted by molar-refractivity contribution is 7.99. The average molecular weight is 681 g/mol. The van der Waals surface area contributed by atoms with Gasteiger partial charge in [-0.3, -0.25) is 10.4 Å². The summed E-state index contributed by atoms with van der Waals surface area (Å²) in [7, 11) is 1.61. The zero-order valence-electron chi connectivity index (χ0n) is 24.2. The molecule has 1 saturated heterocycles. The van der Waals surface area contributed by atoms with Crippen molar-refractivity contribution < 1.29 is 60.4 Å². The topological polar surface area (TPSA) is 154 Å². The number of aromatic nitrogens is 2. The molecule has 11 nitrogen and oxygen atoms in total. The number of H-pyrrole nitrogens is 1. The fraction of sp³-hybridized carbons (Fsp3) is 0.357. The van der Waals surface area contributed by atoms with Gasteiger partial charge in [0, 0.05) is 29.0 Å². The van der Waals surface area contributed by atoms with Crippen LogP contribution in [0.15, 0.2) is 59.8 Å². The average Bonchev–Trinajstić information content (AvgIpc) is 3.72. The van der Waals surface area contributed by atoms with Gasteiger partial charge < -0.3 is 24.6 Å². The van der Waals surface area contributed by atoms with Crippen LogP contribution in [0, 0.1) is 0 Å².